The van der Waals surface area contributed by atoms with E-state index in [2.05, 4.69) is 4.98 Å². The van der Waals surface area contributed by atoms with Gasteiger partial charge in [-0.15, -0.1) is 0 Å². The highest BCUT2D eigenvalue weighted by molar-refractivity contribution is 5.85. The molecule has 0 fully saturated rings. The van der Waals surface area contributed by atoms with Crippen molar-refractivity contribution in [2.75, 3.05) is 0 Å². The molecule has 0 unspecified atom stereocenters. The molecule has 0 spiro atoms. The lowest BCUT2D eigenvalue weighted by atomic mass is 10.1. The number of carbonyl (C=O) groups is 1. The van der Waals surface area contributed by atoms with Crippen molar-refractivity contribution in [2.45, 2.75) is 0 Å². The molecule has 0 N–H and O–H groups in total. The Morgan fingerprint density at radius 3 is 3.00 bits per heavy atom. The zero-order valence-corrected chi connectivity index (χ0v) is 6.81. The molecule has 0 saturated heterocycles. The number of carbonyl (C=O) groups excluding carboxylic acids is 1. The molecule has 0 atom stereocenters. The Morgan fingerprint density at radius 1 is 1.38 bits per heavy atom. The third kappa shape index (κ3) is 1.36. The van der Waals surface area contributed by atoms with Gasteiger partial charge in [0.2, 0.25) is 0 Å². The predicted octanol–water partition coefficient (Wildman–Crippen LogP) is 2.15. The number of furan rings is 1. The Labute approximate surface area is 75.0 Å². The Bertz CT molecular complexity index is 407. The second kappa shape index (κ2) is 3.23. The van der Waals surface area contributed by atoms with Crippen molar-refractivity contribution in [1.29, 1.82) is 0 Å². The van der Waals surface area contributed by atoms with Gasteiger partial charge < -0.3 is 4.42 Å². The van der Waals surface area contributed by atoms with E-state index >= 15 is 0 Å². The third-order valence-electron chi connectivity index (χ3n) is 1.77. The van der Waals surface area contributed by atoms with E-state index in [1.54, 1.807) is 36.9 Å². The Kier molecular flexibility index (Phi) is 1.92. The van der Waals surface area contributed by atoms with Crippen LogP contribution in [0.3, 0.4) is 0 Å². The van der Waals surface area contributed by atoms with Gasteiger partial charge in [0.25, 0.3) is 0 Å². The third-order valence-corrected chi connectivity index (χ3v) is 1.77. The van der Waals surface area contributed by atoms with Gasteiger partial charge in [-0.25, -0.2) is 0 Å². The highest BCUT2D eigenvalue weighted by Gasteiger charge is 2.05. The molecule has 0 bridgehead atoms. The fourth-order valence-electron chi connectivity index (χ4n) is 1.15. The SMILES string of the molecule is O=Cc1ccncc1-c1ccco1. The zero-order chi connectivity index (χ0) is 9.10. The van der Waals surface area contributed by atoms with Gasteiger partial charge in [-0.3, -0.25) is 9.78 Å². The summed E-state index contributed by atoms with van der Waals surface area (Å²) in [6, 6.07) is 5.23. The fraction of sp³-hybridized carbons (Fsp3) is 0. The lowest BCUT2D eigenvalue weighted by molar-refractivity contribution is 0.112. The predicted molar refractivity (Wildman–Crippen MR) is 47.3 cm³/mol. The Morgan fingerprint density at radius 2 is 2.31 bits per heavy atom. The highest BCUT2D eigenvalue weighted by atomic mass is 16.3. The van der Waals surface area contributed by atoms with Crippen LogP contribution in [0.25, 0.3) is 11.3 Å². The number of hydrogen-bond acceptors (Lipinski definition) is 3. The van der Waals surface area contributed by atoms with Gasteiger partial charge in [-0.05, 0) is 18.2 Å². The molecule has 2 heterocycles. The molecule has 0 radical (unpaired) electrons. The van der Waals surface area contributed by atoms with Gasteiger partial charge in [0.1, 0.15) is 5.76 Å². The van der Waals surface area contributed by atoms with Crippen molar-refractivity contribution in [3.8, 4) is 11.3 Å². The number of nitrogens with zero attached hydrogens (tertiary/aromatic N) is 1. The smallest absolute Gasteiger partial charge is 0.150 e. The summed E-state index contributed by atoms with van der Waals surface area (Å²) in [6.45, 7) is 0. The van der Waals surface area contributed by atoms with Crippen molar-refractivity contribution < 1.29 is 9.21 Å². The van der Waals surface area contributed by atoms with E-state index in [0.29, 0.717) is 11.3 Å². The number of aldehydes is 1. The van der Waals surface area contributed by atoms with Crippen molar-refractivity contribution in [3.05, 3.63) is 42.4 Å². The standard InChI is InChI=1S/C10H7NO2/c12-7-8-3-4-11-6-9(8)10-2-1-5-13-10/h1-7H. The molecule has 0 saturated carbocycles. The Hall–Kier alpha value is -1.90. The monoisotopic (exact) mass is 173 g/mol. The molecule has 0 aliphatic carbocycles. The topological polar surface area (TPSA) is 43.1 Å². The van der Waals surface area contributed by atoms with Gasteiger partial charge in [0.15, 0.2) is 6.29 Å². The average Bonchev–Trinajstić information content (AvgIpc) is 2.70. The van der Waals surface area contributed by atoms with E-state index in [1.807, 2.05) is 0 Å². The number of hydrogen-bond donors (Lipinski definition) is 0. The largest absolute Gasteiger partial charge is 0.464 e. The quantitative estimate of drug-likeness (QED) is 0.653. The second-order valence-corrected chi connectivity index (χ2v) is 2.56. The average molecular weight is 173 g/mol. The molecule has 0 amide bonds. The molecule has 0 aliphatic heterocycles. The van der Waals surface area contributed by atoms with E-state index in [4.69, 9.17) is 4.42 Å². The minimum Gasteiger partial charge on any atom is -0.464 e. The van der Waals surface area contributed by atoms with Crippen LogP contribution < -0.4 is 0 Å². The van der Waals surface area contributed by atoms with Crippen molar-refractivity contribution in [3.63, 3.8) is 0 Å². The summed E-state index contributed by atoms with van der Waals surface area (Å²) in [5, 5.41) is 0. The first-order valence-corrected chi connectivity index (χ1v) is 3.85. The first-order valence-electron chi connectivity index (χ1n) is 3.85. The summed E-state index contributed by atoms with van der Waals surface area (Å²) in [6.07, 6.45) is 5.55. The molecule has 13 heavy (non-hydrogen) atoms. The van der Waals surface area contributed by atoms with Crippen molar-refractivity contribution >= 4 is 6.29 Å². The van der Waals surface area contributed by atoms with Crippen LogP contribution in [0, 0.1) is 0 Å². The Balaban J connectivity index is 2.57. The zero-order valence-electron chi connectivity index (χ0n) is 6.81. The van der Waals surface area contributed by atoms with Gasteiger partial charge >= 0.3 is 0 Å². The van der Waals surface area contributed by atoms with Crippen LogP contribution in [0.1, 0.15) is 10.4 Å². The lowest BCUT2D eigenvalue weighted by Crippen LogP contribution is -1.86. The molecule has 3 nitrogen and oxygen atoms in total. The van der Waals surface area contributed by atoms with Crippen LogP contribution in [0.15, 0.2) is 41.3 Å². The summed E-state index contributed by atoms with van der Waals surface area (Å²) in [7, 11) is 0. The van der Waals surface area contributed by atoms with E-state index in [0.717, 1.165) is 11.8 Å². The van der Waals surface area contributed by atoms with Crippen molar-refractivity contribution in [2.24, 2.45) is 0 Å². The lowest BCUT2D eigenvalue weighted by Gasteiger charge is -1.98. The minimum atomic E-state index is 0.588. The summed E-state index contributed by atoms with van der Waals surface area (Å²) >= 11 is 0. The van der Waals surface area contributed by atoms with E-state index in [9.17, 15) is 4.79 Å². The van der Waals surface area contributed by atoms with Gasteiger partial charge in [-0.2, -0.15) is 0 Å². The first-order chi connectivity index (χ1) is 6.42. The summed E-state index contributed by atoms with van der Waals surface area (Å²) in [5.74, 6) is 0.662. The molecule has 64 valence electrons. The maximum Gasteiger partial charge on any atom is 0.150 e. The number of rotatable bonds is 2. The number of aromatic nitrogens is 1. The van der Waals surface area contributed by atoms with Crippen LogP contribution in [-0.2, 0) is 0 Å². The van der Waals surface area contributed by atoms with Gasteiger partial charge in [-0.1, -0.05) is 0 Å². The van der Waals surface area contributed by atoms with E-state index < -0.39 is 0 Å². The normalized spacial score (nSPS) is 9.85. The van der Waals surface area contributed by atoms with Gasteiger partial charge in [0, 0.05) is 23.5 Å². The van der Waals surface area contributed by atoms with Crippen LogP contribution in [0.4, 0.5) is 0 Å². The van der Waals surface area contributed by atoms with Crippen LogP contribution in [-0.4, -0.2) is 11.3 Å². The molecule has 0 aromatic carbocycles. The first kappa shape index (κ1) is 7.73. The fourth-order valence-corrected chi connectivity index (χ4v) is 1.15. The minimum absolute atomic E-state index is 0.588. The van der Waals surface area contributed by atoms with Crippen LogP contribution in [0.2, 0.25) is 0 Å². The van der Waals surface area contributed by atoms with E-state index in [1.165, 1.54) is 0 Å². The molecular weight excluding hydrogens is 166 g/mol. The molecule has 2 rings (SSSR count). The highest BCUT2D eigenvalue weighted by Crippen LogP contribution is 2.21. The maximum absolute atomic E-state index is 10.7. The van der Waals surface area contributed by atoms with Crippen LogP contribution in [0.5, 0.6) is 0 Å². The molecule has 0 aliphatic rings. The maximum atomic E-state index is 10.7. The molecule has 2 aromatic heterocycles. The number of pyridine rings is 1. The van der Waals surface area contributed by atoms with E-state index in [-0.39, 0.29) is 0 Å². The second-order valence-electron chi connectivity index (χ2n) is 2.56. The van der Waals surface area contributed by atoms with Crippen molar-refractivity contribution in [1.82, 2.24) is 4.98 Å². The molecule has 3 heteroatoms. The summed E-state index contributed by atoms with van der Waals surface area (Å²) in [4.78, 5) is 14.6. The summed E-state index contributed by atoms with van der Waals surface area (Å²) < 4.78 is 5.16. The van der Waals surface area contributed by atoms with Gasteiger partial charge in [0.05, 0.1) is 6.26 Å². The molecule has 2 aromatic rings. The van der Waals surface area contributed by atoms with Crippen LogP contribution >= 0.6 is 0 Å². The summed E-state index contributed by atoms with van der Waals surface area (Å²) in [5.41, 5.74) is 1.31. The molecular formula is C10H7NO2.